The molecule has 1 aromatic rings. The Morgan fingerprint density at radius 2 is 2.32 bits per heavy atom. The van der Waals surface area contributed by atoms with Gasteiger partial charge in [0.25, 0.3) is 0 Å². The molecule has 8 nitrogen and oxygen atoms in total. The molecule has 0 spiro atoms. The van der Waals surface area contributed by atoms with Gasteiger partial charge >= 0.3 is 0 Å². The van der Waals surface area contributed by atoms with Crippen LogP contribution in [0.4, 0.5) is 0 Å². The van der Waals surface area contributed by atoms with Crippen molar-refractivity contribution in [2.24, 2.45) is 10.7 Å². The Balaban J connectivity index is 0.00000176. The van der Waals surface area contributed by atoms with Crippen molar-refractivity contribution in [3.05, 3.63) is 11.9 Å². The first-order valence-electron chi connectivity index (χ1n) is 7.23. The maximum Gasteiger partial charge on any atom is 0.191 e. The molecule has 0 amide bonds. The Bertz CT molecular complexity index is 518. The highest BCUT2D eigenvalue weighted by atomic mass is 127. The van der Waals surface area contributed by atoms with Crippen LogP contribution in [0.1, 0.15) is 24.6 Å². The highest BCUT2D eigenvalue weighted by Crippen LogP contribution is 2.25. The average Bonchev–Trinajstić information content (AvgIpc) is 3.05. The van der Waals surface area contributed by atoms with E-state index in [0.29, 0.717) is 31.8 Å². The molecule has 0 unspecified atom stereocenters. The zero-order valence-electron chi connectivity index (χ0n) is 12.9. The van der Waals surface area contributed by atoms with E-state index in [4.69, 9.17) is 15.2 Å². The molecule has 1 saturated carbocycles. The minimum absolute atomic E-state index is 0. The van der Waals surface area contributed by atoms with E-state index >= 15 is 0 Å². The average molecular weight is 422 g/mol. The summed E-state index contributed by atoms with van der Waals surface area (Å²) in [6.07, 6.45) is 4.31. The highest BCUT2D eigenvalue weighted by Gasteiger charge is 2.31. The van der Waals surface area contributed by atoms with Crippen molar-refractivity contribution in [2.45, 2.75) is 37.6 Å². The maximum absolute atomic E-state index is 5.96. The summed E-state index contributed by atoms with van der Waals surface area (Å²) in [5.74, 6) is 0.561. The number of hydrogen-bond donors (Lipinski definition) is 1. The predicted molar refractivity (Wildman–Crippen MR) is 92.2 cm³/mol. The van der Waals surface area contributed by atoms with Crippen LogP contribution in [0, 0.1) is 0 Å². The molecule has 0 radical (unpaired) electrons. The van der Waals surface area contributed by atoms with E-state index in [1.165, 1.54) is 12.8 Å². The molecule has 22 heavy (non-hydrogen) atoms. The van der Waals surface area contributed by atoms with Crippen LogP contribution in [0.2, 0.25) is 0 Å². The van der Waals surface area contributed by atoms with Crippen molar-refractivity contribution in [3.63, 3.8) is 0 Å². The number of aromatic nitrogens is 3. The van der Waals surface area contributed by atoms with E-state index in [0.717, 1.165) is 5.69 Å². The fraction of sp³-hybridized carbons (Fsp3) is 0.769. The second-order valence-electron chi connectivity index (χ2n) is 5.59. The zero-order chi connectivity index (χ0) is 14.8. The number of nitrogens with two attached hydrogens (primary N) is 1. The number of halogens is 1. The topological polar surface area (TPSA) is 90.8 Å². The molecule has 1 saturated heterocycles. The molecule has 2 heterocycles. The van der Waals surface area contributed by atoms with Crippen LogP contribution >= 0.6 is 24.0 Å². The second-order valence-corrected chi connectivity index (χ2v) is 5.59. The van der Waals surface area contributed by atoms with Crippen molar-refractivity contribution >= 4 is 29.9 Å². The summed E-state index contributed by atoms with van der Waals surface area (Å²) >= 11 is 0. The third-order valence-electron chi connectivity index (χ3n) is 4.06. The summed E-state index contributed by atoms with van der Waals surface area (Å²) in [6, 6.07) is 0.634. The lowest BCUT2D eigenvalue weighted by molar-refractivity contribution is 0.0661. The molecule has 2 aliphatic rings. The summed E-state index contributed by atoms with van der Waals surface area (Å²) in [6.45, 7) is 1.62. The Hall–Kier alpha value is -0.940. The van der Waals surface area contributed by atoms with Gasteiger partial charge in [0.2, 0.25) is 0 Å². The summed E-state index contributed by atoms with van der Waals surface area (Å²) in [5, 5.41) is 8.29. The van der Waals surface area contributed by atoms with Crippen molar-refractivity contribution in [1.29, 1.82) is 0 Å². The van der Waals surface area contributed by atoms with E-state index in [1.807, 2.05) is 18.1 Å². The van der Waals surface area contributed by atoms with E-state index in [9.17, 15) is 0 Å². The van der Waals surface area contributed by atoms with Gasteiger partial charge in [0, 0.05) is 20.2 Å². The third kappa shape index (κ3) is 3.87. The van der Waals surface area contributed by atoms with Crippen LogP contribution in [0.25, 0.3) is 0 Å². The number of nitrogens with zero attached hydrogens (tertiary/aromatic N) is 5. The Kier molecular flexibility index (Phi) is 5.98. The molecular formula is C13H23IN6O2. The second kappa shape index (κ2) is 7.55. The highest BCUT2D eigenvalue weighted by molar-refractivity contribution is 14.0. The molecule has 0 aromatic carbocycles. The van der Waals surface area contributed by atoms with E-state index in [1.54, 1.807) is 11.8 Å². The largest absolute Gasteiger partial charge is 0.377 e. The normalized spacial score (nSPS) is 25.1. The number of guanidine groups is 1. The lowest BCUT2D eigenvalue weighted by Gasteiger charge is -2.16. The molecule has 3 rings (SSSR count). The van der Waals surface area contributed by atoms with Crippen molar-refractivity contribution in [1.82, 2.24) is 19.9 Å². The number of methoxy groups -OCH3 is 1. The van der Waals surface area contributed by atoms with Gasteiger partial charge in [0.05, 0.1) is 26.0 Å². The van der Waals surface area contributed by atoms with Gasteiger partial charge in [-0.1, -0.05) is 5.21 Å². The van der Waals surface area contributed by atoms with Crippen LogP contribution in [0.5, 0.6) is 0 Å². The molecule has 2 fully saturated rings. The van der Waals surface area contributed by atoms with Crippen molar-refractivity contribution < 1.29 is 9.47 Å². The summed E-state index contributed by atoms with van der Waals surface area (Å²) in [5.41, 5.74) is 6.75. The van der Waals surface area contributed by atoms with Crippen molar-refractivity contribution in [3.8, 4) is 0 Å². The van der Waals surface area contributed by atoms with Crippen molar-refractivity contribution in [2.75, 3.05) is 27.4 Å². The predicted octanol–water partition coefficient (Wildman–Crippen LogP) is 0.391. The third-order valence-corrected chi connectivity index (χ3v) is 4.06. The SMILES string of the molecule is CO[C@@H]1COC[C@H]1n1cc(CN=C(N)N(C)C2CC2)nn1.I. The quantitative estimate of drug-likeness (QED) is 0.420. The number of ether oxygens (including phenoxy) is 2. The monoisotopic (exact) mass is 422 g/mol. The molecule has 2 N–H and O–H groups in total. The number of rotatable bonds is 5. The molecule has 9 heteroatoms. The van der Waals surface area contributed by atoms with Crippen LogP contribution < -0.4 is 5.73 Å². The smallest absolute Gasteiger partial charge is 0.191 e. The molecule has 0 bridgehead atoms. The van der Waals surface area contributed by atoms with Gasteiger partial charge in [0.15, 0.2) is 5.96 Å². The minimum Gasteiger partial charge on any atom is -0.377 e. The van der Waals surface area contributed by atoms with Gasteiger partial charge in [-0.25, -0.2) is 9.67 Å². The fourth-order valence-corrected chi connectivity index (χ4v) is 2.47. The molecule has 1 aromatic heterocycles. The summed E-state index contributed by atoms with van der Waals surface area (Å²) < 4.78 is 12.6. The Morgan fingerprint density at radius 1 is 1.55 bits per heavy atom. The number of hydrogen-bond acceptors (Lipinski definition) is 5. The van der Waals surface area contributed by atoms with E-state index in [-0.39, 0.29) is 36.1 Å². The van der Waals surface area contributed by atoms with Crippen LogP contribution in [-0.4, -0.2) is 65.4 Å². The maximum atomic E-state index is 5.96. The molecule has 1 aliphatic heterocycles. The fourth-order valence-electron chi connectivity index (χ4n) is 2.47. The van der Waals surface area contributed by atoms with Gasteiger partial charge < -0.3 is 20.1 Å². The number of aliphatic imine (C=N–C) groups is 1. The van der Waals surface area contributed by atoms with Crippen LogP contribution in [0.3, 0.4) is 0 Å². The molecule has 2 atom stereocenters. The molecule has 124 valence electrons. The first-order chi connectivity index (χ1) is 10.2. The minimum atomic E-state index is 0. The Labute approximate surface area is 147 Å². The summed E-state index contributed by atoms with van der Waals surface area (Å²) in [7, 11) is 3.66. The molecule has 1 aliphatic carbocycles. The zero-order valence-corrected chi connectivity index (χ0v) is 15.2. The Morgan fingerprint density at radius 3 is 3.00 bits per heavy atom. The summed E-state index contributed by atoms with van der Waals surface area (Å²) in [4.78, 5) is 6.40. The van der Waals surface area contributed by atoms with Gasteiger partial charge in [0.1, 0.15) is 17.8 Å². The van der Waals surface area contributed by atoms with Crippen LogP contribution in [-0.2, 0) is 16.0 Å². The van der Waals surface area contributed by atoms with Gasteiger partial charge in [-0.2, -0.15) is 0 Å². The molecular weight excluding hydrogens is 399 g/mol. The first kappa shape index (κ1) is 17.4. The lowest BCUT2D eigenvalue weighted by atomic mass is 10.2. The van der Waals surface area contributed by atoms with Gasteiger partial charge in [-0.3, -0.25) is 0 Å². The standard InChI is InChI=1S/C13H22N6O2.HI/c1-18(10-3-4-10)13(14)15-5-9-6-19(17-16-9)11-7-21-8-12(11)20-2;/h6,10-12H,3-5,7-8H2,1-2H3,(H2,14,15);1H/t11-,12-;/m1./s1. The lowest BCUT2D eigenvalue weighted by Crippen LogP contribution is -2.35. The first-order valence-corrected chi connectivity index (χ1v) is 7.23. The van der Waals surface area contributed by atoms with E-state index < -0.39 is 0 Å². The van der Waals surface area contributed by atoms with E-state index in [2.05, 4.69) is 15.3 Å². The van der Waals surface area contributed by atoms with Gasteiger partial charge in [-0.15, -0.1) is 29.1 Å². The van der Waals surface area contributed by atoms with Crippen LogP contribution in [0.15, 0.2) is 11.2 Å². The van der Waals surface area contributed by atoms with Gasteiger partial charge in [-0.05, 0) is 12.8 Å².